The van der Waals surface area contributed by atoms with Crippen molar-refractivity contribution in [3.63, 3.8) is 0 Å². The van der Waals surface area contributed by atoms with Crippen LogP contribution in [0.3, 0.4) is 0 Å². The number of halogens is 2. The Morgan fingerprint density at radius 1 is 1.28 bits per heavy atom. The second kappa shape index (κ2) is 6.50. The average molecular weight is 254 g/mol. The summed E-state index contributed by atoms with van der Waals surface area (Å²) in [5.74, 6) is -1.07. The first-order valence-corrected chi connectivity index (χ1v) is 6.12. The number of hydrogen-bond donors (Lipinski definition) is 0. The molecule has 0 bridgehead atoms. The molecule has 1 fully saturated rings. The molecule has 18 heavy (non-hydrogen) atoms. The Morgan fingerprint density at radius 2 is 2.06 bits per heavy atom. The van der Waals surface area contributed by atoms with Gasteiger partial charge in [-0.2, -0.15) is 0 Å². The third-order valence-corrected chi connectivity index (χ3v) is 2.85. The molecule has 1 aromatic carbocycles. The summed E-state index contributed by atoms with van der Waals surface area (Å²) in [7, 11) is 0. The average Bonchev–Trinajstić information content (AvgIpc) is 2.38. The van der Waals surface area contributed by atoms with Crippen LogP contribution in [0.15, 0.2) is 30.5 Å². The van der Waals surface area contributed by atoms with E-state index in [4.69, 9.17) is 9.47 Å². The van der Waals surface area contributed by atoms with Crippen LogP contribution in [0.5, 0.6) is 0 Å². The van der Waals surface area contributed by atoms with E-state index in [9.17, 15) is 8.78 Å². The van der Waals surface area contributed by atoms with Gasteiger partial charge >= 0.3 is 0 Å². The summed E-state index contributed by atoms with van der Waals surface area (Å²) in [6, 6.07) is 3.85. The summed E-state index contributed by atoms with van der Waals surface area (Å²) in [6.07, 6.45) is 6.01. The fourth-order valence-electron chi connectivity index (χ4n) is 1.85. The van der Waals surface area contributed by atoms with Gasteiger partial charge in [0.15, 0.2) is 6.29 Å². The predicted molar refractivity (Wildman–Crippen MR) is 63.9 cm³/mol. The van der Waals surface area contributed by atoms with Crippen molar-refractivity contribution in [2.24, 2.45) is 0 Å². The van der Waals surface area contributed by atoms with E-state index in [0.29, 0.717) is 6.61 Å². The Balaban J connectivity index is 1.83. The van der Waals surface area contributed by atoms with Crippen LogP contribution in [0.25, 0.3) is 0 Å². The van der Waals surface area contributed by atoms with Crippen LogP contribution in [0.2, 0.25) is 0 Å². The van der Waals surface area contributed by atoms with E-state index < -0.39 is 11.6 Å². The minimum absolute atomic E-state index is 0.0573. The van der Waals surface area contributed by atoms with Crippen LogP contribution in [-0.2, 0) is 15.9 Å². The standard InChI is InChI=1S/C14H16F2O2/c15-12-6-3-7-13(16)11(12)5-4-10-18-14-8-1-2-9-17-14/h3-4,6-7,10,14H,1-2,5,8-9H2/b10-4+. The number of benzene rings is 1. The first-order chi connectivity index (χ1) is 8.77. The number of hydrogen-bond acceptors (Lipinski definition) is 2. The largest absolute Gasteiger partial charge is 0.473 e. The molecule has 0 N–H and O–H groups in total. The highest BCUT2D eigenvalue weighted by Crippen LogP contribution is 2.15. The molecule has 1 aliphatic heterocycles. The Morgan fingerprint density at radius 3 is 2.72 bits per heavy atom. The zero-order valence-corrected chi connectivity index (χ0v) is 10.1. The molecule has 1 saturated heterocycles. The molecule has 1 heterocycles. The summed E-state index contributed by atoms with van der Waals surface area (Å²) in [5, 5.41) is 0. The molecule has 98 valence electrons. The molecule has 0 radical (unpaired) electrons. The van der Waals surface area contributed by atoms with Gasteiger partial charge in [0, 0.05) is 12.0 Å². The minimum Gasteiger partial charge on any atom is -0.473 e. The van der Waals surface area contributed by atoms with Gasteiger partial charge in [0.05, 0.1) is 12.9 Å². The van der Waals surface area contributed by atoms with E-state index in [2.05, 4.69) is 0 Å². The van der Waals surface area contributed by atoms with Gasteiger partial charge in [0.1, 0.15) is 11.6 Å². The summed E-state index contributed by atoms with van der Waals surface area (Å²) < 4.78 is 37.3. The second-order valence-corrected chi connectivity index (χ2v) is 4.21. The van der Waals surface area contributed by atoms with Crippen molar-refractivity contribution in [3.8, 4) is 0 Å². The highest BCUT2D eigenvalue weighted by molar-refractivity contribution is 5.21. The molecule has 1 unspecified atom stereocenters. The molecule has 2 rings (SSSR count). The lowest BCUT2D eigenvalue weighted by Crippen LogP contribution is -2.20. The summed E-state index contributed by atoms with van der Waals surface area (Å²) in [6.45, 7) is 0.709. The molecular formula is C14H16F2O2. The maximum Gasteiger partial charge on any atom is 0.198 e. The summed E-state index contributed by atoms with van der Waals surface area (Å²) in [4.78, 5) is 0. The van der Waals surface area contributed by atoms with E-state index >= 15 is 0 Å². The van der Waals surface area contributed by atoms with E-state index in [1.54, 1.807) is 6.08 Å². The molecule has 2 nitrogen and oxygen atoms in total. The third kappa shape index (κ3) is 3.53. The van der Waals surface area contributed by atoms with Gasteiger partial charge < -0.3 is 9.47 Å². The van der Waals surface area contributed by atoms with Crippen LogP contribution in [0.1, 0.15) is 24.8 Å². The number of allylic oxidation sites excluding steroid dienone is 1. The van der Waals surface area contributed by atoms with Gasteiger partial charge in [-0.05, 0) is 37.5 Å². The molecule has 0 saturated carbocycles. The van der Waals surface area contributed by atoms with Gasteiger partial charge in [-0.15, -0.1) is 0 Å². The molecule has 0 aliphatic carbocycles. The van der Waals surface area contributed by atoms with Crippen LogP contribution in [-0.4, -0.2) is 12.9 Å². The fraction of sp³-hybridized carbons (Fsp3) is 0.429. The normalized spacial score (nSPS) is 20.2. The number of rotatable bonds is 4. The minimum atomic E-state index is -0.534. The highest BCUT2D eigenvalue weighted by Gasteiger charge is 2.12. The van der Waals surface area contributed by atoms with Gasteiger partial charge in [0.2, 0.25) is 0 Å². The molecule has 1 aromatic rings. The molecule has 0 spiro atoms. The monoisotopic (exact) mass is 254 g/mol. The predicted octanol–water partition coefficient (Wildman–Crippen LogP) is 3.56. The van der Waals surface area contributed by atoms with Gasteiger partial charge in [0.25, 0.3) is 0 Å². The first-order valence-electron chi connectivity index (χ1n) is 6.12. The highest BCUT2D eigenvalue weighted by atomic mass is 19.1. The zero-order valence-electron chi connectivity index (χ0n) is 10.1. The van der Waals surface area contributed by atoms with Crippen molar-refractivity contribution in [1.29, 1.82) is 0 Å². The second-order valence-electron chi connectivity index (χ2n) is 4.21. The SMILES string of the molecule is Fc1cccc(F)c1C/C=C/OC1CCCCO1. The Kier molecular flexibility index (Phi) is 4.70. The van der Waals surface area contributed by atoms with Crippen molar-refractivity contribution < 1.29 is 18.3 Å². The van der Waals surface area contributed by atoms with E-state index in [-0.39, 0.29) is 18.3 Å². The van der Waals surface area contributed by atoms with Crippen molar-refractivity contribution in [2.75, 3.05) is 6.61 Å². The molecule has 0 amide bonds. The molecule has 0 aromatic heterocycles. The van der Waals surface area contributed by atoms with E-state index in [1.807, 2.05) is 0 Å². The topological polar surface area (TPSA) is 18.5 Å². The van der Waals surface area contributed by atoms with Crippen molar-refractivity contribution in [1.82, 2.24) is 0 Å². The lowest BCUT2D eigenvalue weighted by Gasteiger charge is -2.21. The zero-order chi connectivity index (χ0) is 12.8. The third-order valence-electron chi connectivity index (χ3n) is 2.85. The maximum atomic E-state index is 13.3. The quantitative estimate of drug-likeness (QED) is 0.765. The Bertz CT molecular complexity index is 392. The molecule has 1 aliphatic rings. The van der Waals surface area contributed by atoms with Crippen LogP contribution in [0.4, 0.5) is 8.78 Å². The van der Waals surface area contributed by atoms with Gasteiger partial charge in [-0.1, -0.05) is 6.07 Å². The maximum absolute atomic E-state index is 13.3. The lowest BCUT2D eigenvalue weighted by molar-refractivity contribution is -0.129. The molecule has 1 atom stereocenters. The van der Waals surface area contributed by atoms with E-state index in [0.717, 1.165) is 19.3 Å². The van der Waals surface area contributed by atoms with Crippen molar-refractivity contribution in [3.05, 3.63) is 47.7 Å². The van der Waals surface area contributed by atoms with Crippen molar-refractivity contribution in [2.45, 2.75) is 32.0 Å². The van der Waals surface area contributed by atoms with Gasteiger partial charge in [-0.25, -0.2) is 8.78 Å². The van der Waals surface area contributed by atoms with Crippen LogP contribution in [0, 0.1) is 11.6 Å². The first kappa shape index (κ1) is 13.0. The summed E-state index contributed by atoms with van der Waals surface area (Å²) >= 11 is 0. The van der Waals surface area contributed by atoms with Crippen LogP contribution < -0.4 is 0 Å². The number of ether oxygens (including phenoxy) is 2. The lowest BCUT2D eigenvalue weighted by atomic mass is 10.1. The Labute approximate surface area is 105 Å². The summed E-state index contributed by atoms with van der Waals surface area (Å²) in [5.41, 5.74) is 0.0573. The van der Waals surface area contributed by atoms with E-state index in [1.165, 1.54) is 24.5 Å². The smallest absolute Gasteiger partial charge is 0.198 e. The molecule has 4 heteroatoms. The molecular weight excluding hydrogens is 238 g/mol. The Hall–Kier alpha value is -1.42. The van der Waals surface area contributed by atoms with Crippen LogP contribution >= 0.6 is 0 Å². The van der Waals surface area contributed by atoms with Gasteiger partial charge in [-0.3, -0.25) is 0 Å². The van der Waals surface area contributed by atoms with Crippen molar-refractivity contribution >= 4 is 0 Å². The fourth-order valence-corrected chi connectivity index (χ4v) is 1.85.